The smallest absolute Gasteiger partial charge is 0.254 e. The first-order valence-corrected chi connectivity index (χ1v) is 8.29. The van der Waals surface area contributed by atoms with Gasteiger partial charge >= 0.3 is 0 Å². The standard InChI is InChI=1S/C19H20ClNO3/c1-23-13-14-4-2-6-16(10-14)19(22)21-8-9-24-18(12-21)15-5-3-7-17(20)11-15/h2-7,10-11,18H,8-9,12-13H2,1H3/t18-/m1/s1. The molecule has 0 aromatic heterocycles. The molecule has 0 N–H and O–H groups in total. The number of hydrogen-bond donors (Lipinski definition) is 0. The first kappa shape index (κ1) is 17.0. The second kappa shape index (κ2) is 7.79. The van der Waals surface area contributed by atoms with Crippen molar-refractivity contribution in [2.45, 2.75) is 12.7 Å². The summed E-state index contributed by atoms with van der Waals surface area (Å²) in [6, 6.07) is 15.2. The minimum absolute atomic E-state index is 0.0169. The Kier molecular flexibility index (Phi) is 5.51. The van der Waals surface area contributed by atoms with E-state index in [-0.39, 0.29) is 12.0 Å². The fourth-order valence-electron chi connectivity index (χ4n) is 2.89. The van der Waals surface area contributed by atoms with E-state index in [4.69, 9.17) is 21.1 Å². The zero-order valence-electron chi connectivity index (χ0n) is 13.6. The Hall–Kier alpha value is -1.88. The van der Waals surface area contributed by atoms with E-state index in [0.717, 1.165) is 11.1 Å². The van der Waals surface area contributed by atoms with E-state index in [1.54, 1.807) is 7.11 Å². The van der Waals surface area contributed by atoms with Crippen LogP contribution in [-0.2, 0) is 16.1 Å². The minimum atomic E-state index is -0.149. The van der Waals surface area contributed by atoms with Crippen molar-refractivity contribution in [2.75, 3.05) is 26.8 Å². The first-order chi connectivity index (χ1) is 11.7. The van der Waals surface area contributed by atoms with Gasteiger partial charge in [0, 0.05) is 24.2 Å². The van der Waals surface area contributed by atoms with Gasteiger partial charge in [-0.15, -0.1) is 0 Å². The highest BCUT2D eigenvalue weighted by Crippen LogP contribution is 2.25. The molecule has 1 aliphatic rings. The molecule has 0 aliphatic carbocycles. The number of methoxy groups -OCH3 is 1. The number of ether oxygens (including phenoxy) is 2. The van der Waals surface area contributed by atoms with Crippen LogP contribution in [0.3, 0.4) is 0 Å². The molecule has 0 unspecified atom stereocenters. The van der Waals surface area contributed by atoms with Gasteiger partial charge in [-0.1, -0.05) is 35.9 Å². The number of carbonyl (C=O) groups excluding carboxylic acids is 1. The van der Waals surface area contributed by atoms with Crippen LogP contribution in [0.1, 0.15) is 27.6 Å². The topological polar surface area (TPSA) is 38.8 Å². The zero-order valence-corrected chi connectivity index (χ0v) is 14.3. The number of carbonyl (C=O) groups is 1. The molecule has 1 saturated heterocycles. The fourth-order valence-corrected chi connectivity index (χ4v) is 3.08. The molecule has 0 spiro atoms. The van der Waals surface area contributed by atoms with Gasteiger partial charge in [0.05, 0.1) is 19.8 Å². The summed E-state index contributed by atoms with van der Waals surface area (Å²) in [5, 5.41) is 0.673. The molecule has 0 radical (unpaired) electrons. The van der Waals surface area contributed by atoms with Gasteiger partial charge in [0.25, 0.3) is 5.91 Å². The average molecular weight is 346 g/mol. The molecule has 24 heavy (non-hydrogen) atoms. The molecular formula is C19H20ClNO3. The van der Waals surface area contributed by atoms with Crippen molar-refractivity contribution in [3.05, 3.63) is 70.2 Å². The summed E-state index contributed by atoms with van der Waals surface area (Å²) in [6.45, 7) is 2.12. The Bertz CT molecular complexity index is 719. The maximum absolute atomic E-state index is 12.8. The Morgan fingerprint density at radius 3 is 2.92 bits per heavy atom. The predicted molar refractivity (Wildman–Crippen MR) is 93.2 cm³/mol. The second-order valence-electron chi connectivity index (χ2n) is 5.80. The van der Waals surface area contributed by atoms with Crippen molar-refractivity contribution in [1.29, 1.82) is 0 Å². The molecule has 126 valence electrons. The van der Waals surface area contributed by atoms with Crippen LogP contribution in [0.5, 0.6) is 0 Å². The highest BCUT2D eigenvalue weighted by Gasteiger charge is 2.26. The fraction of sp³-hybridized carbons (Fsp3) is 0.316. The summed E-state index contributed by atoms with van der Waals surface area (Å²) in [5.74, 6) is 0.0169. The van der Waals surface area contributed by atoms with Crippen LogP contribution in [-0.4, -0.2) is 37.6 Å². The third-order valence-electron chi connectivity index (χ3n) is 4.06. The largest absolute Gasteiger partial charge is 0.380 e. The maximum Gasteiger partial charge on any atom is 0.254 e. The molecule has 1 atom stereocenters. The quantitative estimate of drug-likeness (QED) is 0.848. The van der Waals surface area contributed by atoms with E-state index in [2.05, 4.69) is 0 Å². The third-order valence-corrected chi connectivity index (χ3v) is 4.29. The molecule has 2 aromatic rings. The van der Waals surface area contributed by atoms with Gasteiger partial charge in [-0.2, -0.15) is 0 Å². The lowest BCUT2D eigenvalue weighted by Gasteiger charge is -2.33. The summed E-state index contributed by atoms with van der Waals surface area (Å²) >= 11 is 6.06. The molecule has 5 heteroatoms. The zero-order chi connectivity index (χ0) is 16.9. The first-order valence-electron chi connectivity index (χ1n) is 7.91. The van der Waals surface area contributed by atoms with Crippen LogP contribution in [0.15, 0.2) is 48.5 Å². The van der Waals surface area contributed by atoms with E-state index in [1.165, 1.54) is 0 Å². The van der Waals surface area contributed by atoms with Gasteiger partial charge < -0.3 is 14.4 Å². The molecule has 0 saturated carbocycles. The van der Waals surface area contributed by atoms with Gasteiger partial charge in [0.1, 0.15) is 6.10 Å². The molecule has 1 amide bonds. The summed E-state index contributed by atoms with van der Waals surface area (Å²) < 4.78 is 11.0. The van der Waals surface area contributed by atoms with E-state index >= 15 is 0 Å². The van der Waals surface area contributed by atoms with Gasteiger partial charge in [-0.05, 0) is 35.4 Å². The Morgan fingerprint density at radius 1 is 1.29 bits per heavy atom. The number of halogens is 1. The molecular weight excluding hydrogens is 326 g/mol. The van der Waals surface area contributed by atoms with Gasteiger partial charge in [-0.3, -0.25) is 4.79 Å². The molecule has 3 rings (SSSR count). The number of morpholine rings is 1. The van der Waals surface area contributed by atoms with Crippen molar-refractivity contribution in [3.8, 4) is 0 Å². The van der Waals surface area contributed by atoms with Crippen molar-refractivity contribution >= 4 is 17.5 Å². The van der Waals surface area contributed by atoms with Crippen LogP contribution < -0.4 is 0 Å². The lowest BCUT2D eigenvalue weighted by molar-refractivity contribution is -0.0228. The van der Waals surface area contributed by atoms with Crippen molar-refractivity contribution in [1.82, 2.24) is 4.90 Å². The van der Waals surface area contributed by atoms with Gasteiger partial charge in [0.15, 0.2) is 0 Å². The Balaban J connectivity index is 1.74. The van der Waals surface area contributed by atoms with Crippen molar-refractivity contribution in [2.24, 2.45) is 0 Å². The van der Waals surface area contributed by atoms with E-state index in [0.29, 0.717) is 36.9 Å². The number of nitrogens with zero attached hydrogens (tertiary/aromatic N) is 1. The number of rotatable bonds is 4. The van der Waals surface area contributed by atoms with Crippen molar-refractivity contribution in [3.63, 3.8) is 0 Å². The normalized spacial score (nSPS) is 17.8. The molecule has 1 aliphatic heterocycles. The van der Waals surface area contributed by atoms with E-state index < -0.39 is 0 Å². The highest BCUT2D eigenvalue weighted by molar-refractivity contribution is 6.30. The van der Waals surface area contributed by atoms with Crippen LogP contribution >= 0.6 is 11.6 Å². The SMILES string of the molecule is COCc1cccc(C(=O)N2CCO[C@@H](c3cccc(Cl)c3)C2)c1. The van der Waals surface area contributed by atoms with Crippen LogP contribution in [0.2, 0.25) is 5.02 Å². The van der Waals surface area contributed by atoms with Crippen LogP contribution in [0.4, 0.5) is 0 Å². The maximum atomic E-state index is 12.8. The number of amides is 1. The molecule has 4 nitrogen and oxygen atoms in total. The monoisotopic (exact) mass is 345 g/mol. The average Bonchev–Trinajstić information content (AvgIpc) is 2.62. The summed E-state index contributed by atoms with van der Waals surface area (Å²) in [4.78, 5) is 14.6. The lowest BCUT2D eigenvalue weighted by atomic mass is 10.1. The van der Waals surface area contributed by atoms with Crippen LogP contribution in [0, 0.1) is 0 Å². The molecule has 2 aromatic carbocycles. The number of benzene rings is 2. The summed E-state index contributed by atoms with van der Waals surface area (Å²) in [7, 11) is 1.64. The van der Waals surface area contributed by atoms with Crippen LogP contribution in [0.25, 0.3) is 0 Å². The lowest BCUT2D eigenvalue weighted by Crippen LogP contribution is -2.42. The molecule has 0 bridgehead atoms. The van der Waals surface area contributed by atoms with E-state index in [1.807, 2.05) is 53.4 Å². The number of hydrogen-bond acceptors (Lipinski definition) is 3. The predicted octanol–water partition coefficient (Wildman–Crippen LogP) is 3.70. The second-order valence-corrected chi connectivity index (χ2v) is 6.24. The molecule has 1 fully saturated rings. The minimum Gasteiger partial charge on any atom is -0.380 e. The van der Waals surface area contributed by atoms with Gasteiger partial charge in [0.2, 0.25) is 0 Å². The third kappa shape index (κ3) is 3.96. The Morgan fingerprint density at radius 2 is 2.12 bits per heavy atom. The molecule has 1 heterocycles. The van der Waals surface area contributed by atoms with Gasteiger partial charge in [-0.25, -0.2) is 0 Å². The van der Waals surface area contributed by atoms with E-state index in [9.17, 15) is 4.79 Å². The highest BCUT2D eigenvalue weighted by atomic mass is 35.5. The summed E-state index contributed by atoms with van der Waals surface area (Å²) in [5.41, 5.74) is 2.66. The van der Waals surface area contributed by atoms with Crippen molar-refractivity contribution < 1.29 is 14.3 Å². The summed E-state index contributed by atoms with van der Waals surface area (Å²) in [6.07, 6.45) is -0.149. The Labute approximate surface area is 146 Å².